The van der Waals surface area contributed by atoms with Gasteiger partial charge in [0.15, 0.2) is 0 Å². The molecule has 4 heteroatoms. The molecular weight excluding hydrogens is 208 g/mol. The zero-order chi connectivity index (χ0) is 10.7. The molecule has 1 unspecified atom stereocenters. The van der Waals surface area contributed by atoms with Gasteiger partial charge in [-0.1, -0.05) is 18.2 Å². The van der Waals surface area contributed by atoms with Gasteiger partial charge in [-0.25, -0.2) is 0 Å². The topological polar surface area (TPSA) is 58.3 Å². The first-order valence-electron chi connectivity index (χ1n) is 4.88. The van der Waals surface area contributed by atoms with Crippen molar-refractivity contribution in [3.63, 3.8) is 0 Å². The van der Waals surface area contributed by atoms with Crippen molar-refractivity contribution in [1.29, 1.82) is 0 Å². The van der Waals surface area contributed by atoms with Gasteiger partial charge in [0.25, 0.3) is 0 Å². The van der Waals surface area contributed by atoms with Crippen molar-refractivity contribution in [2.45, 2.75) is 6.04 Å². The molecule has 0 bridgehead atoms. The van der Waals surface area contributed by atoms with Gasteiger partial charge in [-0.05, 0) is 6.07 Å². The highest BCUT2D eigenvalue weighted by atomic mass is 32.1. The highest BCUT2D eigenvalue weighted by molar-refractivity contribution is 7.17. The SMILES string of the molecule is NC(CO)CNc1csc2ccccc12. The average molecular weight is 222 g/mol. The van der Waals surface area contributed by atoms with E-state index in [1.807, 2.05) is 12.1 Å². The number of hydrogen-bond acceptors (Lipinski definition) is 4. The Morgan fingerprint density at radius 2 is 2.20 bits per heavy atom. The van der Waals surface area contributed by atoms with Crippen molar-refractivity contribution in [3.8, 4) is 0 Å². The lowest BCUT2D eigenvalue weighted by Gasteiger charge is -2.09. The lowest BCUT2D eigenvalue weighted by molar-refractivity contribution is 0.270. The first-order chi connectivity index (χ1) is 7.31. The number of fused-ring (bicyclic) bond motifs is 1. The van der Waals surface area contributed by atoms with Gasteiger partial charge in [0, 0.05) is 28.1 Å². The molecule has 0 aliphatic rings. The average Bonchev–Trinajstić information content (AvgIpc) is 2.69. The van der Waals surface area contributed by atoms with E-state index in [2.05, 4.69) is 22.8 Å². The standard InChI is InChI=1S/C11H14N2OS/c12-8(6-14)5-13-10-7-15-11-4-2-1-3-9(10)11/h1-4,7-8,13-14H,5-6,12H2. The van der Waals surface area contributed by atoms with E-state index < -0.39 is 0 Å². The van der Waals surface area contributed by atoms with Crippen LogP contribution in [0.2, 0.25) is 0 Å². The molecule has 0 aliphatic carbocycles. The van der Waals surface area contributed by atoms with Crippen LogP contribution in [0.25, 0.3) is 10.1 Å². The summed E-state index contributed by atoms with van der Waals surface area (Å²) in [6, 6.07) is 8.02. The molecule has 0 spiro atoms. The number of rotatable bonds is 4. The van der Waals surface area contributed by atoms with Crippen molar-refractivity contribution in [1.82, 2.24) is 0 Å². The van der Waals surface area contributed by atoms with E-state index in [1.54, 1.807) is 11.3 Å². The number of aliphatic hydroxyl groups is 1. The Labute approximate surface area is 92.5 Å². The van der Waals surface area contributed by atoms with Crippen LogP contribution in [0.4, 0.5) is 5.69 Å². The lowest BCUT2D eigenvalue weighted by atomic mass is 10.2. The van der Waals surface area contributed by atoms with Crippen LogP contribution >= 0.6 is 11.3 Å². The van der Waals surface area contributed by atoms with Crippen LogP contribution in [0.1, 0.15) is 0 Å². The van der Waals surface area contributed by atoms with Gasteiger partial charge >= 0.3 is 0 Å². The fraction of sp³-hybridized carbons (Fsp3) is 0.273. The Balaban J connectivity index is 2.14. The molecule has 0 saturated heterocycles. The zero-order valence-corrected chi connectivity index (χ0v) is 9.13. The number of nitrogens with one attached hydrogen (secondary N) is 1. The van der Waals surface area contributed by atoms with E-state index in [-0.39, 0.29) is 12.6 Å². The summed E-state index contributed by atoms with van der Waals surface area (Å²) >= 11 is 1.71. The van der Waals surface area contributed by atoms with Crippen LogP contribution in [0, 0.1) is 0 Å². The van der Waals surface area contributed by atoms with Crippen molar-refractivity contribution < 1.29 is 5.11 Å². The second-order valence-corrected chi connectivity index (χ2v) is 4.38. The predicted octanol–water partition coefficient (Wildman–Crippen LogP) is 1.63. The Morgan fingerprint density at radius 3 is 3.00 bits per heavy atom. The largest absolute Gasteiger partial charge is 0.395 e. The highest BCUT2D eigenvalue weighted by Crippen LogP contribution is 2.29. The molecule has 0 saturated carbocycles. The molecule has 1 atom stereocenters. The maximum Gasteiger partial charge on any atom is 0.0599 e. The second-order valence-electron chi connectivity index (χ2n) is 3.47. The Hall–Kier alpha value is -1.10. The monoisotopic (exact) mass is 222 g/mol. The van der Waals surface area contributed by atoms with Gasteiger partial charge in [0.2, 0.25) is 0 Å². The summed E-state index contributed by atoms with van der Waals surface area (Å²) in [5.74, 6) is 0. The third-order valence-electron chi connectivity index (χ3n) is 2.27. The van der Waals surface area contributed by atoms with Gasteiger partial charge in [0.05, 0.1) is 12.3 Å². The summed E-state index contributed by atoms with van der Waals surface area (Å²) in [5, 5.41) is 15.4. The Morgan fingerprint density at radius 1 is 1.40 bits per heavy atom. The molecule has 0 radical (unpaired) electrons. The molecule has 1 aromatic carbocycles. The number of hydrogen-bond donors (Lipinski definition) is 3. The number of thiophene rings is 1. The van der Waals surface area contributed by atoms with E-state index in [4.69, 9.17) is 10.8 Å². The van der Waals surface area contributed by atoms with E-state index in [1.165, 1.54) is 10.1 Å². The number of anilines is 1. The molecule has 15 heavy (non-hydrogen) atoms. The Bertz CT molecular complexity index is 441. The minimum atomic E-state index is -0.205. The van der Waals surface area contributed by atoms with Gasteiger partial charge in [-0.15, -0.1) is 11.3 Å². The summed E-state index contributed by atoms with van der Waals surface area (Å²) in [6.45, 7) is 0.603. The maximum absolute atomic E-state index is 8.81. The Kier molecular flexibility index (Phi) is 3.20. The predicted molar refractivity (Wildman–Crippen MR) is 65.4 cm³/mol. The van der Waals surface area contributed by atoms with Crippen LogP contribution < -0.4 is 11.1 Å². The summed E-state index contributed by atoms with van der Waals surface area (Å²) in [6.07, 6.45) is 0. The summed E-state index contributed by atoms with van der Waals surface area (Å²) in [4.78, 5) is 0. The normalized spacial score (nSPS) is 12.9. The van der Waals surface area contributed by atoms with Crippen LogP contribution in [0.5, 0.6) is 0 Å². The molecular formula is C11H14N2OS. The summed E-state index contributed by atoms with van der Waals surface area (Å²) < 4.78 is 1.26. The highest BCUT2D eigenvalue weighted by Gasteiger charge is 2.04. The minimum Gasteiger partial charge on any atom is -0.395 e. The maximum atomic E-state index is 8.81. The smallest absolute Gasteiger partial charge is 0.0599 e. The van der Waals surface area contributed by atoms with E-state index >= 15 is 0 Å². The molecule has 2 rings (SSSR count). The van der Waals surface area contributed by atoms with Crippen molar-refractivity contribution in [2.24, 2.45) is 5.73 Å². The molecule has 0 aliphatic heterocycles. The number of nitrogens with two attached hydrogens (primary N) is 1. The van der Waals surface area contributed by atoms with Gasteiger partial charge in [-0.2, -0.15) is 0 Å². The number of benzene rings is 1. The fourth-order valence-corrected chi connectivity index (χ4v) is 2.34. The lowest BCUT2D eigenvalue weighted by Crippen LogP contribution is -2.32. The number of aliphatic hydroxyl groups excluding tert-OH is 1. The molecule has 3 nitrogen and oxygen atoms in total. The second kappa shape index (κ2) is 4.61. The van der Waals surface area contributed by atoms with Crippen molar-refractivity contribution in [2.75, 3.05) is 18.5 Å². The van der Waals surface area contributed by atoms with Crippen molar-refractivity contribution >= 4 is 27.1 Å². The third-order valence-corrected chi connectivity index (χ3v) is 3.23. The molecule has 2 aromatic rings. The van der Waals surface area contributed by atoms with Crippen molar-refractivity contribution in [3.05, 3.63) is 29.6 Å². The van der Waals surface area contributed by atoms with Crippen LogP contribution in [0.3, 0.4) is 0 Å². The van der Waals surface area contributed by atoms with Crippen LogP contribution in [-0.4, -0.2) is 24.3 Å². The molecule has 1 heterocycles. The molecule has 1 aromatic heterocycles. The van der Waals surface area contributed by atoms with E-state index in [0.717, 1.165) is 5.69 Å². The van der Waals surface area contributed by atoms with Crippen LogP contribution in [-0.2, 0) is 0 Å². The first-order valence-corrected chi connectivity index (χ1v) is 5.76. The third kappa shape index (κ3) is 2.28. The summed E-state index contributed by atoms with van der Waals surface area (Å²) in [5.41, 5.74) is 6.72. The van der Waals surface area contributed by atoms with Crippen LogP contribution in [0.15, 0.2) is 29.6 Å². The first kappa shape index (κ1) is 10.4. The summed E-state index contributed by atoms with van der Waals surface area (Å²) in [7, 11) is 0. The van der Waals surface area contributed by atoms with Gasteiger partial charge < -0.3 is 16.2 Å². The minimum absolute atomic E-state index is 0.00900. The quantitative estimate of drug-likeness (QED) is 0.737. The van der Waals surface area contributed by atoms with E-state index in [9.17, 15) is 0 Å². The molecule has 80 valence electrons. The van der Waals surface area contributed by atoms with Gasteiger partial charge in [0.1, 0.15) is 0 Å². The molecule has 4 N–H and O–H groups in total. The zero-order valence-electron chi connectivity index (χ0n) is 8.31. The molecule has 0 amide bonds. The fourth-order valence-electron chi connectivity index (χ4n) is 1.42. The molecule has 0 fully saturated rings. The van der Waals surface area contributed by atoms with E-state index in [0.29, 0.717) is 6.54 Å². The van der Waals surface area contributed by atoms with Gasteiger partial charge in [-0.3, -0.25) is 0 Å².